The first-order valence-corrected chi connectivity index (χ1v) is 7.01. The number of thiophene rings is 1. The van der Waals surface area contributed by atoms with E-state index in [1.165, 1.54) is 16.7 Å². The van der Waals surface area contributed by atoms with Crippen LogP contribution in [-0.2, 0) is 6.42 Å². The highest BCUT2D eigenvalue weighted by atomic mass is 32.1. The van der Waals surface area contributed by atoms with Gasteiger partial charge in [0.15, 0.2) is 0 Å². The molecule has 0 saturated carbocycles. The molecule has 1 aromatic heterocycles. The number of benzene rings is 1. The minimum atomic E-state index is 0.426. The molecule has 0 spiro atoms. The third-order valence-electron chi connectivity index (χ3n) is 3.10. The lowest BCUT2D eigenvalue weighted by atomic mass is 10.0. The number of aryl methyl sites for hydroxylation is 1. The van der Waals surface area contributed by atoms with Gasteiger partial charge in [0.05, 0.1) is 0 Å². The fourth-order valence-electron chi connectivity index (χ4n) is 2.05. The zero-order chi connectivity index (χ0) is 12.1. The Kier molecular flexibility index (Phi) is 4.35. The van der Waals surface area contributed by atoms with E-state index in [4.69, 9.17) is 0 Å². The summed E-state index contributed by atoms with van der Waals surface area (Å²) < 4.78 is 0. The lowest BCUT2D eigenvalue weighted by Gasteiger charge is -2.16. The third kappa shape index (κ3) is 3.42. The molecule has 0 aliphatic rings. The molecule has 2 aromatic rings. The molecule has 2 heteroatoms. The second-order valence-corrected chi connectivity index (χ2v) is 5.19. The van der Waals surface area contributed by atoms with Crippen molar-refractivity contribution in [1.29, 1.82) is 0 Å². The van der Waals surface area contributed by atoms with Crippen LogP contribution < -0.4 is 5.32 Å². The molecule has 17 heavy (non-hydrogen) atoms. The molecule has 0 aliphatic carbocycles. The highest BCUT2D eigenvalue weighted by Crippen LogP contribution is 2.16. The minimum absolute atomic E-state index is 0.426. The van der Waals surface area contributed by atoms with Gasteiger partial charge in [0.1, 0.15) is 0 Å². The number of hydrogen-bond donors (Lipinski definition) is 1. The van der Waals surface area contributed by atoms with Gasteiger partial charge in [-0.15, -0.1) is 0 Å². The summed E-state index contributed by atoms with van der Waals surface area (Å²) in [6, 6.07) is 11.2. The van der Waals surface area contributed by atoms with Gasteiger partial charge in [0.25, 0.3) is 0 Å². The Morgan fingerprint density at radius 2 is 2.06 bits per heavy atom. The van der Waals surface area contributed by atoms with Crippen LogP contribution in [0.15, 0.2) is 41.1 Å². The van der Waals surface area contributed by atoms with Gasteiger partial charge in [-0.05, 0) is 60.3 Å². The van der Waals surface area contributed by atoms with Crippen molar-refractivity contribution in [3.05, 3.63) is 57.8 Å². The van der Waals surface area contributed by atoms with E-state index >= 15 is 0 Å². The Hall–Kier alpha value is -1.12. The van der Waals surface area contributed by atoms with E-state index in [2.05, 4.69) is 60.3 Å². The molecule has 1 N–H and O–H groups in total. The Morgan fingerprint density at radius 1 is 1.24 bits per heavy atom. The van der Waals surface area contributed by atoms with Crippen LogP contribution in [0.3, 0.4) is 0 Å². The van der Waals surface area contributed by atoms with Gasteiger partial charge >= 0.3 is 0 Å². The van der Waals surface area contributed by atoms with Gasteiger partial charge in [0.2, 0.25) is 0 Å². The van der Waals surface area contributed by atoms with Crippen LogP contribution in [0.5, 0.6) is 0 Å². The lowest BCUT2D eigenvalue weighted by molar-refractivity contribution is 0.575. The zero-order valence-corrected chi connectivity index (χ0v) is 11.3. The second kappa shape index (κ2) is 5.99. The van der Waals surface area contributed by atoms with Crippen LogP contribution in [0.25, 0.3) is 0 Å². The molecule has 1 atom stereocenters. The fourth-order valence-corrected chi connectivity index (χ4v) is 2.75. The molecule has 0 saturated heterocycles. The van der Waals surface area contributed by atoms with Crippen LogP contribution in [0.4, 0.5) is 0 Å². The Morgan fingerprint density at radius 3 is 2.76 bits per heavy atom. The first kappa shape index (κ1) is 12.3. The Labute approximate surface area is 108 Å². The molecule has 1 unspecified atom stereocenters. The van der Waals surface area contributed by atoms with Gasteiger partial charge in [-0.25, -0.2) is 0 Å². The number of rotatable bonds is 5. The largest absolute Gasteiger partial charge is 0.310 e. The Bertz CT molecular complexity index is 448. The summed E-state index contributed by atoms with van der Waals surface area (Å²) in [6.45, 7) is 5.44. The van der Waals surface area contributed by atoms with Crippen molar-refractivity contribution in [3.63, 3.8) is 0 Å². The van der Waals surface area contributed by atoms with Crippen molar-refractivity contribution in [3.8, 4) is 0 Å². The summed E-state index contributed by atoms with van der Waals surface area (Å²) in [6.07, 6.45) is 1.11. The summed E-state index contributed by atoms with van der Waals surface area (Å²) in [5.41, 5.74) is 4.19. The topological polar surface area (TPSA) is 12.0 Å². The summed E-state index contributed by atoms with van der Waals surface area (Å²) in [5.74, 6) is 0. The zero-order valence-electron chi connectivity index (χ0n) is 10.4. The van der Waals surface area contributed by atoms with E-state index in [9.17, 15) is 0 Å². The molecular formula is C15H19NS. The monoisotopic (exact) mass is 245 g/mol. The molecule has 2 rings (SSSR count). The van der Waals surface area contributed by atoms with E-state index < -0.39 is 0 Å². The van der Waals surface area contributed by atoms with Gasteiger partial charge in [0, 0.05) is 6.04 Å². The van der Waals surface area contributed by atoms with Crippen LogP contribution >= 0.6 is 11.3 Å². The van der Waals surface area contributed by atoms with E-state index in [1.54, 1.807) is 11.3 Å². The van der Waals surface area contributed by atoms with Crippen LogP contribution in [-0.4, -0.2) is 6.54 Å². The molecule has 0 fully saturated rings. The summed E-state index contributed by atoms with van der Waals surface area (Å²) in [7, 11) is 0. The van der Waals surface area contributed by atoms with Crippen molar-refractivity contribution >= 4 is 11.3 Å². The van der Waals surface area contributed by atoms with Crippen LogP contribution in [0, 0.1) is 6.92 Å². The van der Waals surface area contributed by atoms with Crippen molar-refractivity contribution in [2.45, 2.75) is 26.3 Å². The number of hydrogen-bond acceptors (Lipinski definition) is 2. The predicted octanol–water partition coefficient (Wildman–Crippen LogP) is 3.95. The summed E-state index contributed by atoms with van der Waals surface area (Å²) in [4.78, 5) is 0. The van der Waals surface area contributed by atoms with E-state index in [1.807, 2.05) is 0 Å². The quantitative estimate of drug-likeness (QED) is 0.841. The maximum absolute atomic E-state index is 3.58. The van der Waals surface area contributed by atoms with Crippen LogP contribution in [0.1, 0.15) is 29.7 Å². The highest BCUT2D eigenvalue weighted by Gasteiger charge is 2.06. The maximum atomic E-state index is 3.58. The lowest BCUT2D eigenvalue weighted by Crippen LogP contribution is -2.21. The van der Waals surface area contributed by atoms with Gasteiger partial charge in [-0.2, -0.15) is 11.3 Å². The molecule has 1 aromatic carbocycles. The normalized spacial score (nSPS) is 12.6. The van der Waals surface area contributed by atoms with Crippen LogP contribution in [0.2, 0.25) is 0 Å². The van der Waals surface area contributed by atoms with Gasteiger partial charge < -0.3 is 5.32 Å². The van der Waals surface area contributed by atoms with E-state index in [0.717, 1.165) is 13.0 Å². The van der Waals surface area contributed by atoms with E-state index in [0.29, 0.717) is 6.04 Å². The molecule has 0 aliphatic heterocycles. The molecule has 90 valence electrons. The smallest absolute Gasteiger partial charge is 0.0294 e. The molecule has 0 radical (unpaired) electrons. The molecule has 0 bridgehead atoms. The number of nitrogens with one attached hydrogen (secondary N) is 1. The molecule has 1 heterocycles. The molecule has 0 amide bonds. The molecule has 1 nitrogen and oxygen atoms in total. The maximum Gasteiger partial charge on any atom is 0.0294 e. The van der Waals surface area contributed by atoms with Crippen molar-refractivity contribution in [2.24, 2.45) is 0 Å². The van der Waals surface area contributed by atoms with E-state index in [-0.39, 0.29) is 0 Å². The molecular weight excluding hydrogens is 226 g/mol. The van der Waals surface area contributed by atoms with Crippen molar-refractivity contribution < 1.29 is 0 Å². The average molecular weight is 245 g/mol. The summed E-state index contributed by atoms with van der Waals surface area (Å²) in [5, 5.41) is 7.94. The first-order chi connectivity index (χ1) is 8.27. The average Bonchev–Trinajstić information content (AvgIpc) is 2.82. The highest BCUT2D eigenvalue weighted by molar-refractivity contribution is 7.07. The van der Waals surface area contributed by atoms with Crippen molar-refractivity contribution in [2.75, 3.05) is 6.54 Å². The first-order valence-electron chi connectivity index (χ1n) is 6.07. The van der Waals surface area contributed by atoms with Crippen molar-refractivity contribution in [1.82, 2.24) is 5.32 Å². The standard InChI is InChI=1S/C15H19NS/c1-12-5-3-4-6-15(12)13(2)16-9-7-14-8-10-17-11-14/h3-6,8,10-11,13,16H,7,9H2,1-2H3. The summed E-state index contributed by atoms with van der Waals surface area (Å²) >= 11 is 1.77. The fraction of sp³-hybridized carbons (Fsp3) is 0.333. The third-order valence-corrected chi connectivity index (χ3v) is 3.83. The van der Waals surface area contributed by atoms with Gasteiger partial charge in [-0.1, -0.05) is 24.3 Å². The van der Waals surface area contributed by atoms with Gasteiger partial charge in [-0.3, -0.25) is 0 Å². The second-order valence-electron chi connectivity index (χ2n) is 4.41. The minimum Gasteiger partial charge on any atom is -0.310 e. The Balaban J connectivity index is 1.85. The predicted molar refractivity (Wildman–Crippen MR) is 75.6 cm³/mol. The SMILES string of the molecule is Cc1ccccc1C(C)NCCc1ccsc1.